The van der Waals surface area contributed by atoms with Crippen LogP contribution in [-0.2, 0) is 11.8 Å². The fourth-order valence-electron chi connectivity index (χ4n) is 2.51. The number of carbonyl (C=O) groups excluding carboxylic acids is 1. The zero-order valence-electron chi connectivity index (χ0n) is 13.2. The standard InChI is InChI=1S/C16H17FN4O3/c1-20-16(23)14(21-6-8-24-9-7-21)13(10-18-20)19-15(22)11-2-4-12(17)5-3-11/h2-5,10H,6-9H2,1H3,(H,19,22). The number of amides is 1. The minimum absolute atomic E-state index is 0.296. The zero-order chi connectivity index (χ0) is 17.1. The maximum Gasteiger partial charge on any atom is 0.292 e. The van der Waals surface area contributed by atoms with E-state index in [4.69, 9.17) is 4.74 Å². The van der Waals surface area contributed by atoms with Gasteiger partial charge in [-0.15, -0.1) is 0 Å². The molecule has 1 aromatic carbocycles. The van der Waals surface area contributed by atoms with Gasteiger partial charge < -0.3 is 15.0 Å². The molecule has 1 aromatic heterocycles. The summed E-state index contributed by atoms with van der Waals surface area (Å²) in [4.78, 5) is 26.7. The van der Waals surface area contributed by atoms with E-state index in [0.29, 0.717) is 43.2 Å². The van der Waals surface area contributed by atoms with Crippen LogP contribution in [0.2, 0.25) is 0 Å². The number of aryl methyl sites for hydroxylation is 1. The van der Waals surface area contributed by atoms with Gasteiger partial charge in [-0.3, -0.25) is 9.59 Å². The predicted octanol–water partition coefficient (Wildman–Crippen LogP) is 1.01. The lowest BCUT2D eigenvalue weighted by Gasteiger charge is -2.29. The van der Waals surface area contributed by atoms with Gasteiger partial charge in [-0.05, 0) is 24.3 Å². The second-order valence-corrected chi connectivity index (χ2v) is 5.40. The van der Waals surface area contributed by atoms with Crippen molar-refractivity contribution in [3.8, 4) is 0 Å². The van der Waals surface area contributed by atoms with Gasteiger partial charge in [0.25, 0.3) is 11.5 Å². The number of nitrogens with one attached hydrogen (secondary N) is 1. The number of carbonyl (C=O) groups is 1. The van der Waals surface area contributed by atoms with Gasteiger partial charge in [-0.2, -0.15) is 5.10 Å². The number of anilines is 2. The Morgan fingerprint density at radius 2 is 1.92 bits per heavy atom. The first-order chi connectivity index (χ1) is 11.6. The quantitative estimate of drug-likeness (QED) is 0.908. The van der Waals surface area contributed by atoms with Crippen LogP contribution in [0.25, 0.3) is 0 Å². The van der Waals surface area contributed by atoms with E-state index in [2.05, 4.69) is 10.4 Å². The molecule has 0 saturated carbocycles. The molecule has 0 radical (unpaired) electrons. The van der Waals surface area contributed by atoms with Crippen molar-refractivity contribution >= 4 is 17.3 Å². The summed E-state index contributed by atoms with van der Waals surface area (Å²) in [6.07, 6.45) is 1.44. The molecule has 1 aliphatic heterocycles. The summed E-state index contributed by atoms with van der Waals surface area (Å²) in [5.74, 6) is -0.852. The van der Waals surface area contributed by atoms with Crippen LogP contribution in [0.1, 0.15) is 10.4 Å². The molecule has 1 fully saturated rings. The van der Waals surface area contributed by atoms with E-state index < -0.39 is 11.7 Å². The molecule has 2 heterocycles. The minimum Gasteiger partial charge on any atom is -0.378 e. The second kappa shape index (κ2) is 6.79. The van der Waals surface area contributed by atoms with Crippen LogP contribution in [0.3, 0.4) is 0 Å². The fourth-order valence-corrected chi connectivity index (χ4v) is 2.51. The summed E-state index contributed by atoms with van der Waals surface area (Å²) >= 11 is 0. The molecule has 0 spiro atoms. The Balaban J connectivity index is 1.92. The van der Waals surface area contributed by atoms with Gasteiger partial charge in [0, 0.05) is 25.7 Å². The molecule has 1 amide bonds. The first-order valence-corrected chi connectivity index (χ1v) is 7.52. The minimum atomic E-state index is -0.431. The number of halogens is 1. The van der Waals surface area contributed by atoms with Gasteiger partial charge in [0.1, 0.15) is 11.5 Å². The van der Waals surface area contributed by atoms with Crippen LogP contribution < -0.4 is 15.8 Å². The molecule has 2 aromatic rings. The van der Waals surface area contributed by atoms with E-state index in [0.717, 1.165) is 0 Å². The third-order valence-corrected chi connectivity index (χ3v) is 3.79. The van der Waals surface area contributed by atoms with Crippen molar-refractivity contribution in [3.63, 3.8) is 0 Å². The van der Waals surface area contributed by atoms with Crippen molar-refractivity contribution in [1.29, 1.82) is 0 Å². The summed E-state index contributed by atoms with van der Waals surface area (Å²) in [6.45, 7) is 2.13. The summed E-state index contributed by atoms with van der Waals surface area (Å²) in [6, 6.07) is 5.18. The monoisotopic (exact) mass is 332 g/mol. The third-order valence-electron chi connectivity index (χ3n) is 3.79. The van der Waals surface area contributed by atoms with E-state index in [1.54, 1.807) is 7.05 Å². The number of hydrogen-bond donors (Lipinski definition) is 1. The number of nitrogens with zero attached hydrogens (tertiary/aromatic N) is 3. The van der Waals surface area contributed by atoms with Crippen molar-refractivity contribution in [1.82, 2.24) is 9.78 Å². The van der Waals surface area contributed by atoms with Crippen molar-refractivity contribution in [2.45, 2.75) is 0 Å². The second-order valence-electron chi connectivity index (χ2n) is 5.40. The lowest BCUT2D eigenvalue weighted by molar-refractivity contribution is 0.102. The normalized spacial score (nSPS) is 14.5. The predicted molar refractivity (Wildman–Crippen MR) is 86.9 cm³/mol. The number of aromatic nitrogens is 2. The van der Waals surface area contributed by atoms with Crippen molar-refractivity contribution < 1.29 is 13.9 Å². The van der Waals surface area contributed by atoms with Gasteiger partial charge in [0.05, 0.1) is 25.1 Å². The maximum absolute atomic E-state index is 13.0. The molecule has 0 atom stereocenters. The highest BCUT2D eigenvalue weighted by Crippen LogP contribution is 2.22. The molecule has 126 valence electrons. The van der Waals surface area contributed by atoms with Gasteiger partial charge >= 0.3 is 0 Å². The zero-order valence-corrected chi connectivity index (χ0v) is 13.2. The Bertz CT molecular complexity index is 798. The molecule has 1 aliphatic rings. The first-order valence-electron chi connectivity index (χ1n) is 7.52. The van der Waals surface area contributed by atoms with E-state index in [1.807, 2.05) is 4.90 Å². The molecule has 24 heavy (non-hydrogen) atoms. The molecule has 7 nitrogen and oxygen atoms in total. The lowest BCUT2D eigenvalue weighted by Crippen LogP contribution is -2.41. The highest BCUT2D eigenvalue weighted by molar-refractivity contribution is 6.05. The van der Waals surface area contributed by atoms with Crippen LogP contribution in [-0.4, -0.2) is 42.0 Å². The van der Waals surface area contributed by atoms with Crippen LogP contribution in [0.15, 0.2) is 35.3 Å². The third kappa shape index (κ3) is 3.28. The maximum atomic E-state index is 13.0. The molecular formula is C16H17FN4O3. The first kappa shape index (κ1) is 16.1. The van der Waals surface area contributed by atoms with E-state index in [9.17, 15) is 14.0 Å². The number of benzene rings is 1. The number of morpholine rings is 1. The Morgan fingerprint density at radius 3 is 2.58 bits per heavy atom. The number of rotatable bonds is 3. The molecular weight excluding hydrogens is 315 g/mol. The van der Waals surface area contributed by atoms with Crippen molar-refractivity contribution in [3.05, 3.63) is 52.2 Å². The van der Waals surface area contributed by atoms with E-state index in [-0.39, 0.29) is 5.56 Å². The summed E-state index contributed by atoms with van der Waals surface area (Å²) in [5.41, 5.74) is 0.708. The Labute approximate surface area is 137 Å². The molecule has 1 saturated heterocycles. The largest absolute Gasteiger partial charge is 0.378 e. The van der Waals surface area contributed by atoms with Crippen LogP contribution in [0, 0.1) is 5.82 Å². The Kier molecular flexibility index (Phi) is 4.57. The topological polar surface area (TPSA) is 76.5 Å². The average Bonchev–Trinajstić information content (AvgIpc) is 2.60. The van der Waals surface area contributed by atoms with E-state index >= 15 is 0 Å². The molecule has 1 N–H and O–H groups in total. The SMILES string of the molecule is Cn1ncc(NC(=O)c2ccc(F)cc2)c(N2CCOCC2)c1=O. The summed E-state index contributed by atoms with van der Waals surface area (Å²) in [7, 11) is 1.55. The highest BCUT2D eigenvalue weighted by Gasteiger charge is 2.21. The van der Waals surface area contributed by atoms with Gasteiger partial charge in [-0.1, -0.05) is 0 Å². The van der Waals surface area contributed by atoms with Gasteiger partial charge in [0.15, 0.2) is 0 Å². The van der Waals surface area contributed by atoms with Gasteiger partial charge in [-0.25, -0.2) is 9.07 Å². The summed E-state index contributed by atoms with van der Waals surface area (Å²) in [5, 5.41) is 6.66. The van der Waals surface area contributed by atoms with Crippen molar-refractivity contribution in [2.24, 2.45) is 7.05 Å². The Morgan fingerprint density at radius 1 is 1.25 bits per heavy atom. The molecule has 0 bridgehead atoms. The molecule has 0 unspecified atom stereocenters. The lowest BCUT2D eigenvalue weighted by atomic mass is 10.2. The summed E-state index contributed by atoms with van der Waals surface area (Å²) < 4.78 is 19.5. The highest BCUT2D eigenvalue weighted by atomic mass is 19.1. The van der Waals surface area contributed by atoms with E-state index in [1.165, 1.54) is 35.1 Å². The molecule has 8 heteroatoms. The van der Waals surface area contributed by atoms with Crippen LogP contribution in [0.5, 0.6) is 0 Å². The smallest absolute Gasteiger partial charge is 0.292 e. The molecule has 3 rings (SSSR count). The number of ether oxygens (including phenoxy) is 1. The molecule has 0 aliphatic carbocycles. The van der Waals surface area contributed by atoms with Gasteiger partial charge in [0.2, 0.25) is 0 Å². The van der Waals surface area contributed by atoms with Crippen molar-refractivity contribution in [2.75, 3.05) is 36.5 Å². The Hall–Kier alpha value is -2.74. The fraction of sp³-hybridized carbons (Fsp3) is 0.312. The average molecular weight is 332 g/mol. The van der Waals surface area contributed by atoms with Crippen LogP contribution >= 0.6 is 0 Å². The van der Waals surface area contributed by atoms with Crippen LogP contribution in [0.4, 0.5) is 15.8 Å². The number of hydrogen-bond acceptors (Lipinski definition) is 5.